The molecular weight excluding hydrogens is 362 g/mol. The van der Waals surface area contributed by atoms with Crippen LogP contribution in [0.1, 0.15) is 15.9 Å². The summed E-state index contributed by atoms with van der Waals surface area (Å²) in [6.45, 7) is 8.22. The quantitative estimate of drug-likeness (QED) is 0.818. The van der Waals surface area contributed by atoms with Gasteiger partial charge in [-0.2, -0.15) is 0 Å². The Hall–Kier alpha value is -2.79. The number of nitrogens with one attached hydrogen (secondary N) is 1. The summed E-state index contributed by atoms with van der Waals surface area (Å²) in [5.74, 6) is -0.285. The van der Waals surface area contributed by atoms with Gasteiger partial charge in [-0.05, 0) is 48.9 Å². The highest BCUT2D eigenvalue weighted by molar-refractivity contribution is 6.33. The number of piperazine rings is 1. The van der Waals surface area contributed by atoms with Crippen molar-refractivity contribution in [3.05, 3.63) is 71.3 Å². The van der Waals surface area contributed by atoms with E-state index in [1.807, 2.05) is 30.0 Å². The van der Waals surface area contributed by atoms with Crippen LogP contribution in [0.25, 0.3) is 0 Å². The topological polar surface area (TPSA) is 52.7 Å². The fourth-order valence-electron chi connectivity index (χ4n) is 3.23. The molecule has 0 unspecified atom stereocenters. The third kappa shape index (κ3) is 4.31. The number of carbonyl (C=O) groups is 2. The number of benzene rings is 2. The molecule has 1 aliphatic heterocycles. The molecule has 0 spiro atoms. The van der Waals surface area contributed by atoms with E-state index in [1.54, 1.807) is 24.3 Å². The first kappa shape index (κ1) is 19.0. The number of nitrogens with zero attached hydrogens (tertiary/aromatic N) is 2. The Kier molecular flexibility index (Phi) is 5.81. The van der Waals surface area contributed by atoms with Gasteiger partial charge in [0.1, 0.15) is 0 Å². The SMILES string of the molecule is C=CC(=O)Nc1ccc(C(=O)N2CCN(c3c(C)cccc3Cl)CC2)cc1. The fraction of sp³-hybridized carbons (Fsp3) is 0.238. The predicted octanol–water partition coefficient (Wildman–Crippen LogP) is 3.74. The van der Waals surface area contributed by atoms with Crippen LogP contribution in [-0.4, -0.2) is 42.9 Å². The average Bonchev–Trinajstić information content (AvgIpc) is 2.68. The molecule has 5 nitrogen and oxygen atoms in total. The third-order valence-electron chi connectivity index (χ3n) is 4.66. The summed E-state index contributed by atoms with van der Waals surface area (Å²) in [7, 11) is 0. The number of anilines is 2. The first-order valence-electron chi connectivity index (χ1n) is 8.82. The van der Waals surface area contributed by atoms with Gasteiger partial charge in [-0.3, -0.25) is 9.59 Å². The fourth-order valence-corrected chi connectivity index (χ4v) is 3.57. The number of halogens is 1. The molecule has 2 aromatic rings. The van der Waals surface area contributed by atoms with Crippen LogP contribution >= 0.6 is 11.6 Å². The zero-order valence-electron chi connectivity index (χ0n) is 15.2. The number of hydrogen-bond acceptors (Lipinski definition) is 3. The predicted molar refractivity (Wildman–Crippen MR) is 110 cm³/mol. The number of amides is 2. The lowest BCUT2D eigenvalue weighted by atomic mass is 10.1. The van der Waals surface area contributed by atoms with Crippen molar-refractivity contribution in [2.24, 2.45) is 0 Å². The van der Waals surface area contributed by atoms with E-state index in [2.05, 4.69) is 16.8 Å². The second-order valence-corrected chi connectivity index (χ2v) is 6.86. The molecule has 0 saturated carbocycles. The van der Waals surface area contributed by atoms with Crippen molar-refractivity contribution in [3.63, 3.8) is 0 Å². The van der Waals surface area contributed by atoms with E-state index >= 15 is 0 Å². The summed E-state index contributed by atoms with van der Waals surface area (Å²) in [6.07, 6.45) is 1.21. The van der Waals surface area contributed by atoms with Gasteiger partial charge in [0.2, 0.25) is 5.91 Å². The van der Waals surface area contributed by atoms with Crippen molar-refractivity contribution < 1.29 is 9.59 Å². The smallest absolute Gasteiger partial charge is 0.253 e. The highest BCUT2D eigenvalue weighted by atomic mass is 35.5. The number of hydrogen-bond donors (Lipinski definition) is 1. The van der Waals surface area contributed by atoms with Gasteiger partial charge < -0.3 is 15.1 Å². The lowest BCUT2D eigenvalue weighted by molar-refractivity contribution is -0.111. The molecule has 0 aliphatic carbocycles. The van der Waals surface area contributed by atoms with Gasteiger partial charge in [-0.1, -0.05) is 30.3 Å². The van der Waals surface area contributed by atoms with Crippen LogP contribution in [-0.2, 0) is 4.79 Å². The molecule has 0 aromatic heterocycles. The highest BCUT2D eigenvalue weighted by Crippen LogP contribution is 2.30. The van der Waals surface area contributed by atoms with Crippen molar-refractivity contribution in [3.8, 4) is 0 Å². The van der Waals surface area contributed by atoms with Gasteiger partial charge >= 0.3 is 0 Å². The Morgan fingerprint density at radius 2 is 1.74 bits per heavy atom. The Morgan fingerprint density at radius 1 is 1.07 bits per heavy atom. The molecule has 1 fully saturated rings. The van der Waals surface area contributed by atoms with Gasteiger partial charge in [0.05, 0.1) is 10.7 Å². The standard InChI is InChI=1S/C21H22ClN3O2/c1-3-19(26)23-17-9-7-16(8-10-17)21(27)25-13-11-24(12-14-25)20-15(2)5-4-6-18(20)22/h3-10H,1,11-14H2,2H3,(H,23,26). The van der Waals surface area contributed by atoms with Crippen LogP contribution in [0.4, 0.5) is 11.4 Å². The van der Waals surface area contributed by atoms with E-state index in [4.69, 9.17) is 11.6 Å². The second kappa shape index (κ2) is 8.27. The van der Waals surface area contributed by atoms with Gasteiger partial charge in [-0.25, -0.2) is 0 Å². The highest BCUT2D eigenvalue weighted by Gasteiger charge is 2.24. The maximum absolute atomic E-state index is 12.7. The van der Waals surface area contributed by atoms with E-state index in [9.17, 15) is 9.59 Å². The van der Waals surface area contributed by atoms with Gasteiger partial charge in [0.15, 0.2) is 0 Å². The van der Waals surface area contributed by atoms with Crippen molar-refractivity contribution >= 4 is 34.8 Å². The van der Waals surface area contributed by atoms with Crippen molar-refractivity contribution in [2.45, 2.75) is 6.92 Å². The van der Waals surface area contributed by atoms with Crippen LogP contribution in [0.5, 0.6) is 0 Å². The summed E-state index contributed by atoms with van der Waals surface area (Å²) >= 11 is 6.36. The molecule has 6 heteroatoms. The van der Waals surface area contributed by atoms with Gasteiger partial charge in [0, 0.05) is 37.4 Å². The molecule has 0 bridgehead atoms. The van der Waals surface area contributed by atoms with Crippen LogP contribution in [0, 0.1) is 6.92 Å². The zero-order chi connectivity index (χ0) is 19.4. The first-order chi connectivity index (χ1) is 13.0. The molecule has 1 N–H and O–H groups in total. The van der Waals surface area contributed by atoms with E-state index in [-0.39, 0.29) is 11.8 Å². The van der Waals surface area contributed by atoms with E-state index in [1.165, 1.54) is 6.08 Å². The molecule has 1 saturated heterocycles. The van der Waals surface area contributed by atoms with E-state index < -0.39 is 0 Å². The maximum Gasteiger partial charge on any atom is 0.253 e. The number of aryl methyl sites for hydroxylation is 1. The lowest BCUT2D eigenvalue weighted by Gasteiger charge is -2.37. The minimum atomic E-state index is -0.278. The summed E-state index contributed by atoms with van der Waals surface area (Å²) in [6, 6.07) is 12.8. The zero-order valence-corrected chi connectivity index (χ0v) is 16.0. The minimum Gasteiger partial charge on any atom is -0.367 e. The van der Waals surface area contributed by atoms with Crippen molar-refractivity contribution in [1.82, 2.24) is 4.90 Å². The molecule has 27 heavy (non-hydrogen) atoms. The van der Waals surface area contributed by atoms with Crippen LogP contribution in [0.2, 0.25) is 5.02 Å². The third-order valence-corrected chi connectivity index (χ3v) is 4.96. The Morgan fingerprint density at radius 3 is 2.33 bits per heavy atom. The summed E-state index contributed by atoms with van der Waals surface area (Å²) < 4.78 is 0. The van der Waals surface area contributed by atoms with Crippen molar-refractivity contribution in [2.75, 3.05) is 36.4 Å². The van der Waals surface area contributed by atoms with E-state index in [0.29, 0.717) is 24.3 Å². The second-order valence-electron chi connectivity index (χ2n) is 6.46. The van der Waals surface area contributed by atoms with Crippen LogP contribution in [0.15, 0.2) is 55.1 Å². The van der Waals surface area contributed by atoms with Crippen molar-refractivity contribution in [1.29, 1.82) is 0 Å². The maximum atomic E-state index is 12.7. The monoisotopic (exact) mass is 383 g/mol. The molecule has 0 radical (unpaired) electrons. The summed E-state index contributed by atoms with van der Waals surface area (Å²) in [5, 5.41) is 3.41. The number of rotatable bonds is 4. The van der Waals surface area contributed by atoms with E-state index in [0.717, 1.165) is 29.4 Å². The van der Waals surface area contributed by atoms with Crippen LogP contribution in [0.3, 0.4) is 0 Å². The van der Waals surface area contributed by atoms with Gasteiger partial charge in [-0.15, -0.1) is 0 Å². The van der Waals surface area contributed by atoms with Crippen LogP contribution < -0.4 is 10.2 Å². The molecule has 2 amide bonds. The lowest BCUT2D eigenvalue weighted by Crippen LogP contribution is -2.49. The number of carbonyl (C=O) groups excluding carboxylic acids is 2. The Labute approximate surface area is 164 Å². The Bertz CT molecular complexity index is 836. The molecule has 140 valence electrons. The molecule has 1 aliphatic rings. The molecule has 0 atom stereocenters. The summed E-state index contributed by atoms with van der Waals surface area (Å²) in [4.78, 5) is 28.1. The Balaban J connectivity index is 1.63. The summed E-state index contributed by atoms with van der Waals surface area (Å²) in [5.41, 5.74) is 3.43. The minimum absolute atomic E-state index is 0.00729. The molecular formula is C21H22ClN3O2. The average molecular weight is 384 g/mol. The molecule has 3 rings (SSSR count). The molecule has 2 aromatic carbocycles. The normalized spacial score (nSPS) is 14.0. The largest absolute Gasteiger partial charge is 0.367 e. The first-order valence-corrected chi connectivity index (χ1v) is 9.20. The number of para-hydroxylation sites is 1. The van der Waals surface area contributed by atoms with Gasteiger partial charge in [0.25, 0.3) is 5.91 Å². The molecule has 1 heterocycles.